The molecule has 0 spiro atoms. The zero-order chi connectivity index (χ0) is 17.1. The number of halogens is 2. The van der Waals surface area contributed by atoms with Gasteiger partial charge >= 0.3 is 5.97 Å². The van der Waals surface area contributed by atoms with E-state index >= 15 is 0 Å². The number of nitrogens with zero attached hydrogens (tertiary/aromatic N) is 2. The molecule has 0 aliphatic rings. The minimum Gasteiger partial charge on any atom is -0.478 e. The summed E-state index contributed by atoms with van der Waals surface area (Å²) in [5.74, 6) is -0.720. The Kier molecular flexibility index (Phi) is 4.69. The van der Waals surface area contributed by atoms with Gasteiger partial charge in [-0.1, -0.05) is 35.3 Å². The number of ether oxygens (including phenoxy) is 1. The van der Waals surface area contributed by atoms with Gasteiger partial charge in [0.1, 0.15) is 5.75 Å². The van der Waals surface area contributed by atoms with Crippen LogP contribution in [0.4, 0.5) is 0 Å². The summed E-state index contributed by atoms with van der Waals surface area (Å²) in [6.45, 7) is 0. The third kappa shape index (κ3) is 3.50. The molecule has 0 aliphatic carbocycles. The molecule has 1 heterocycles. The average Bonchev–Trinajstić information content (AvgIpc) is 3.09. The normalized spacial score (nSPS) is 11.9. The van der Waals surface area contributed by atoms with E-state index in [1.165, 1.54) is 0 Å². The molecule has 0 aliphatic heterocycles. The fraction of sp³-hybridized carbons (Fsp3) is 0.0625. The molecule has 24 heavy (non-hydrogen) atoms. The van der Waals surface area contributed by atoms with E-state index in [4.69, 9.17) is 32.4 Å². The second-order valence-electron chi connectivity index (χ2n) is 4.77. The first-order valence-electron chi connectivity index (χ1n) is 6.75. The molecule has 1 N–H and O–H groups in total. The number of carboxylic acids is 1. The quantitative estimate of drug-likeness (QED) is 0.728. The Morgan fingerprint density at radius 3 is 2.46 bits per heavy atom. The molecular weight excluding hydrogens is 355 g/mol. The Morgan fingerprint density at radius 1 is 1.12 bits per heavy atom. The molecule has 8 heteroatoms. The second kappa shape index (κ2) is 6.90. The van der Waals surface area contributed by atoms with Crippen molar-refractivity contribution < 1.29 is 19.1 Å². The number of rotatable bonds is 5. The van der Waals surface area contributed by atoms with Crippen LogP contribution in [0.1, 0.15) is 11.7 Å². The first-order valence-corrected chi connectivity index (χ1v) is 7.51. The van der Waals surface area contributed by atoms with Gasteiger partial charge in [-0.15, -0.1) is 10.2 Å². The van der Waals surface area contributed by atoms with Crippen LogP contribution in [0.3, 0.4) is 0 Å². The third-order valence-corrected chi connectivity index (χ3v) is 3.66. The largest absolute Gasteiger partial charge is 0.478 e. The lowest BCUT2D eigenvalue weighted by Gasteiger charge is -2.17. The number of benzene rings is 2. The average molecular weight is 365 g/mol. The summed E-state index contributed by atoms with van der Waals surface area (Å²) in [5.41, 5.74) is 0.846. The highest BCUT2D eigenvalue weighted by molar-refractivity contribution is 6.31. The van der Waals surface area contributed by atoms with Crippen LogP contribution in [0.2, 0.25) is 10.0 Å². The molecule has 0 fully saturated rings. The second-order valence-corrected chi connectivity index (χ2v) is 5.64. The van der Waals surface area contributed by atoms with Crippen molar-refractivity contribution >= 4 is 29.2 Å². The zero-order valence-corrected chi connectivity index (χ0v) is 13.5. The Morgan fingerprint density at radius 2 is 1.83 bits per heavy atom. The highest BCUT2D eigenvalue weighted by atomic mass is 35.5. The molecule has 6 nitrogen and oxygen atoms in total. The highest BCUT2D eigenvalue weighted by Crippen LogP contribution is 2.34. The predicted molar refractivity (Wildman–Crippen MR) is 87.2 cm³/mol. The van der Waals surface area contributed by atoms with Gasteiger partial charge in [0.05, 0.1) is 5.56 Å². The van der Waals surface area contributed by atoms with Gasteiger partial charge < -0.3 is 14.3 Å². The molecule has 0 bridgehead atoms. The molecule has 0 amide bonds. The lowest BCUT2D eigenvalue weighted by molar-refractivity contribution is -0.145. The molecule has 122 valence electrons. The maximum absolute atomic E-state index is 11.6. The van der Waals surface area contributed by atoms with Crippen LogP contribution < -0.4 is 4.74 Å². The van der Waals surface area contributed by atoms with Crippen LogP contribution in [-0.4, -0.2) is 21.3 Å². The smallest absolute Gasteiger partial charge is 0.349 e. The van der Waals surface area contributed by atoms with Crippen molar-refractivity contribution in [2.75, 3.05) is 0 Å². The molecule has 3 aromatic rings. The number of hydrogen-bond donors (Lipinski definition) is 1. The zero-order valence-electron chi connectivity index (χ0n) is 12.0. The van der Waals surface area contributed by atoms with E-state index in [9.17, 15) is 9.90 Å². The van der Waals surface area contributed by atoms with Crippen molar-refractivity contribution in [2.24, 2.45) is 0 Å². The van der Waals surface area contributed by atoms with Crippen molar-refractivity contribution in [3.63, 3.8) is 0 Å². The lowest BCUT2D eigenvalue weighted by Crippen LogP contribution is -2.18. The van der Waals surface area contributed by atoms with Crippen molar-refractivity contribution in [2.45, 2.75) is 6.10 Å². The van der Waals surface area contributed by atoms with Gasteiger partial charge in [-0.3, -0.25) is 0 Å². The molecule has 0 radical (unpaired) electrons. The topological polar surface area (TPSA) is 85.5 Å². The first kappa shape index (κ1) is 16.3. The Balaban J connectivity index is 1.99. The molecule has 3 rings (SSSR count). The van der Waals surface area contributed by atoms with Crippen molar-refractivity contribution in [3.05, 3.63) is 64.5 Å². The van der Waals surface area contributed by atoms with Gasteiger partial charge in [0, 0.05) is 15.6 Å². The van der Waals surface area contributed by atoms with Crippen LogP contribution in [0.25, 0.3) is 11.5 Å². The SMILES string of the molecule is O=C(O)C(Oc1ccc(Cl)cc1-c1nnco1)c1ccc(Cl)cc1. The number of hydrogen-bond acceptors (Lipinski definition) is 5. The van der Waals surface area contributed by atoms with Crippen LogP contribution in [0, 0.1) is 0 Å². The fourth-order valence-electron chi connectivity index (χ4n) is 2.09. The summed E-state index contributed by atoms with van der Waals surface area (Å²) in [4.78, 5) is 11.6. The summed E-state index contributed by atoms with van der Waals surface area (Å²) in [6.07, 6.45) is -0.0708. The van der Waals surface area contributed by atoms with Crippen LogP contribution in [-0.2, 0) is 4.79 Å². The third-order valence-electron chi connectivity index (χ3n) is 3.17. The minimum absolute atomic E-state index is 0.174. The summed E-state index contributed by atoms with van der Waals surface area (Å²) in [5, 5.41) is 17.8. The Labute approximate surface area is 146 Å². The summed E-state index contributed by atoms with van der Waals surface area (Å²) >= 11 is 11.8. The molecule has 0 saturated heterocycles. The summed E-state index contributed by atoms with van der Waals surface area (Å²) in [7, 11) is 0. The van der Waals surface area contributed by atoms with E-state index in [0.717, 1.165) is 6.39 Å². The van der Waals surface area contributed by atoms with E-state index in [1.54, 1.807) is 42.5 Å². The van der Waals surface area contributed by atoms with Gasteiger partial charge in [-0.25, -0.2) is 4.79 Å². The lowest BCUT2D eigenvalue weighted by atomic mass is 10.1. The highest BCUT2D eigenvalue weighted by Gasteiger charge is 2.24. The van der Waals surface area contributed by atoms with Gasteiger partial charge in [0.2, 0.25) is 12.5 Å². The molecule has 0 saturated carbocycles. The van der Waals surface area contributed by atoms with Crippen molar-refractivity contribution in [1.82, 2.24) is 10.2 Å². The van der Waals surface area contributed by atoms with Gasteiger partial charge in [-0.2, -0.15) is 0 Å². The maximum atomic E-state index is 11.6. The first-order chi connectivity index (χ1) is 11.5. The maximum Gasteiger partial charge on any atom is 0.349 e. The number of carboxylic acid groups (broad SMARTS) is 1. The minimum atomic E-state index is -1.23. The molecule has 1 atom stereocenters. The van der Waals surface area contributed by atoms with Crippen LogP contribution in [0.5, 0.6) is 5.75 Å². The molecular formula is C16H10Cl2N2O4. The van der Waals surface area contributed by atoms with E-state index in [0.29, 0.717) is 21.2 Å². The Bertz CT molecular complexity index is 851. The monoisotopic (exact) mass is 364 g/mol. The van der Waals surface area contributed by atoms with Gasteiger partial charge in [0.15, 0.2) is 0 Å². The van der Waals surface area contributed by atoms with E-state index in [1.807, 2.05) is 0 Å². The summed E-state index contributed by atoms with van der Waals surface area (Å²) < 4.78 is 10.8. The van der Waals surface area contributed by atoms with Gasteiger partial charge in [0.25, 0.3) is 5.89 Å². The molecule has 1 aromatic heterocycles. The van der Waals surface area contributed by atoms with E-state index in [2.05, 4.69) is 10.2 Å². The summed E-state index contributed by atoms with van der Waals surface area (Å²) in [6, 6.07) is 11.1. The van der Waals surface area contributed by atoms with Crippen molar-refractivity contribution in [1.29, 1.82) is 0 Å². The number of carbonyl (C=O) groups is 1. The number of aromatic nitrogens is 2. The Hall–Kier alpha value is -2.57. The molecule has 1 unspecified atom stereocenters. The fourth-order valence-corrected chi connectivity index (χ4v) is 2.39. The number of aliphatic carboxylic acids is 1. The molecule has 2 aromatic carbocycles. The standard InChI is InChI=1S/C16H10Cl2N2O4/c17-10-3-1-9(2-4-10)14(16(21)22)24-13-6-5-11(18)7-12(13)15-20-19-8-23-15/h1-8,14H,(H,21,22). The van der Waals surface area contributed by atoms with E-state index in [-0.39, 0.29) is 11.6 Å². The van der Waals surface area contributed by atoms with Crippen LogP contribution in [0.15, 0.2) is 53.3 Å². The predicted octanol–water partition coefficient (Wildman–Crippen LogP) is 4.25. The van der Waals surface area contributed by atoms with Crippen molar-refractivity contribution in [3.8, 4) is 17.2 Å². The van der Waals surface area contributed by atoms with Gasteiger partial charge in [-0.05, 0) is 30.3 Å². The van der Waals surface area contributed by atoms with Crippen LogP contribution >= 0.6 is 23.2 Å². The van der Waals surface area contributed by atoms with E-state index < -0.39 is 12.1 Å².